The molecule has 1 fully saturated rings. The minimum atomic E-state index is -0.551. The average molecular weight is 397 g/mol. The van der Waals surface area contributed by atoms with Crippen LogP contribution in [0.3, 0.4) is 0 Å². The fraction of sp³-hybridized carbons (Fsp3) is 0.409. The molecule has 0 atom stereocenters. The molecule has 2 N–H and O–H groups in total. The molecule has 1 saturated heterocycles. The van der Waals surface area contributed by atoms with Crippen LogP contribution in [-0.4, -0.2) is 48.9 Å². The summed E-state index contributed by atoms with van der Waals surface area (Å²) in [6.07, 6.45) is 1.71. The number of hydrogen-bond donors (Lipinski definition) is 2. The monoisotopic (exact) mass is 397 g/mol. The number of methoxy groups -OCH3 is 1. The quantitative estimate of drug-likeness (QED) is 0.578. The van der Waals surface area contributed by atoms with Crippen LogP contribution < -0.4 is 10.2 Å². The molecule has 7 nitrogen and oxygen atoms in total. The summed E-state index contributed by atoms with van der Waals surface area (Å²) in [5, 5.41) is 3.06. The first-order valence-electron chi connectivity index (χ1n) is 9.80. The molecule has 1 aliphatic heterocycles. The van der Waals surface area contributed by atoms with E-state index in [1.807, 2.05) is 18.2 Å². The van der Waals surface area contributed by atoms with Gasteiger partial charge in [-0.1, -0.05) is 18.2 Å². The van der Waals surface area contributed by atoms with Crippen molar-refractivity contribution in [3.63, 3.8) is 0 Å². The van der Waals surface area contributed by atoms with E-state index >= 15 is 0 Å². The Balaban J connectivity index is 1.62. The largest absolute Gasteiger partial charge is 0.465 e. The summed E-state index contributed by atoms with van der Waals surface area (Å²) in [5.41, 5.74) is 2.73. The van der Waals surface area contributed by atoms with Crippen molar-refractivity contribution >= 4 is 23.3 Å². The number of hydrogen-bond acceptors (Lipinski definition) is 5. The number of H-pyrrole nitrogens is 1. The Kier molecular flexibility index (Phi) is 6.36. The lowest BCUT2D eigenvalue weighted by molar-refractivity contribution is -0.121. The lowest BCUT2D eigenvalue weighted by Crippen LogP contribution is -2.45. The molecule has 0 aliphatic carbocycles. The third-order valence-electron chi connectivity index (χ3n) is 5.39. The first kappa shape index (κ1) is 20.6. The molecular weight excluding hydrogens is 370 g/mol. The molecule has 0 spiro atoms. The van der Waals surface area contributed by atoms with Gasteiger partial charge in [0.25, 0.3) is 0 Å². The zero-order chi connectivity index (χ0) is 21.0. The molecule has 7 heteroatoms. The van der Waals surface area contributed by atoms with Crippen LogP contribution in [0.15, 0.2) is 30.3 Å². The molecule has 29 heavy (non-hydrogen) atoms. The summed E-state index contributed by atoms with van der Waals surface area (Å²) in [6.45, 7) is 4.85. The van der Waals surface area contributed by atoms with E-state index in [-0.39, 0.29) is 29.7 Å². The molecule has 1 aliphatic rings. The number of aromatic amines is 1. The number of piperidine rings is 1. The van der Waals surface area contributed by atoms with Gasteiger partial charge in [0.1, 0.15) is 0 Å². The standard InChI is InChI=1S/C22H27N3O4/c1-14-20(22(28)29-3)18(24-21(14)15(2)26)13-19(27)23-16-9-11-25(12-10-16)17-7-5-4-6-8-17/h4-8,16,24H,9-13H2,1-3H3,(H,23,27). The highest BCUT2D eigenvalue weighted by molar-refractivity contribution is 6.01. The van der Waals surface area contributed by atoms with E-state index in [1.54, 1.807) is 6.92 Å². The Morgan fingerprint density at radius 1 is 1.17 bits per heavy atom. The van der Waals surface area contributed by atoms with E-state index in [0.717, 1.165) is 25.9 Å². The molecule has 0 radical (unpaired) electrons. The van der Waals surface area contributed by atoms with Crippen LogP contribution in [0, 0.1) is 6.92 Å². The highest BCUT2D eigenvalue weighted by atomic mass is 16.5. The van der Waals surface area contributed by atoms with Gasteiger partial charge < -0.3 is 19.9 Å². The number of nitrogens with zero attached hydrogens (tertiary/aromatic N) is 1. The van der Waals surface area contributed by atoms with Crippen LogP contribution in [0.2, 0.25) is 0 Å². The molecule has 1 aromatic carbocycles. The Morgan fingerprint density at radius 3 is 2.41 bits per heavy atom. The number of nitrogens with one attached hydrogen (secondary N) is 2. The average Bonchev–Trinajstić information content (AvgIpc) is 3.04. The minimum absolute atomic E-state index is 0.00253. The highest BCUT2D eigenvalue weighted by Crippen LogP contribution is 2.22. The summed E-state index contributed by atoms with van der Waals surface area (Å²) in [5.74, 6) is -0.914. The zero-order valence-electron chi connectivity index (χ0n) is 17.1. The first-order chi connectivity index (χ1) is 13.9. The van der Waals surface area contributed by atoms with Crippen LogP contribution in [0.5, 0.6) is 0 Å². The van der Waals surface area contributed by atoms with Crippen LogP contribution in [0.1, 0.15) is 51.9 Å². The third kappa shape index (κ3) is 4.67. The second kappa shape index (κ2) is 8.94. The lowest BCUT2D eigenvalue weighted by Gasteiger charge is -2.34. The maximum absolute atomic E-state index is 12.6. The van der Waals surface area contributed by atoms with Crippen molar-refractivity contribution in [1.29, 1.82) is 0 Å². The molecule has 2 heterocycles. The summed E-state index contributed by atoms with van der Waals surface area (Å²) >= 11 is 0. The van der Waals surface area contributed by atoms with E-state index in [0.29, 0.717) is 17.0 Å². The summed E-state index contributed by atoms with van der Waals surface area (Å²) in [7, 11) is 1.28. The number of esters is 1. The SMILES string of the molecule is COC(=O)c1c(CC(=O)NC2CCN(c3ccccc3)CC2)[nH]c(C(C)=O)c1C. The molecule has 0 unspecified atom stereocenters. The van der Waals surface area contributed by atoms with Gasteiger partial charge in [0.15, 0.2) is 5.78 Å². The molecular formula is C22H27N3O4. The Labute approximate surface area is 170 Å². The second-order valence-corrected chi connectivity index (χ2v) is 7.37. The van der Waals surface area contributed by atoms with Crippen molar-refractivity contribution in [2.45, 2.75) is 39.2 Å². The van der Waals surface area contributed by atoms with Crippen LogP contribution in [-0.2, 0) is 16.0 Å². The fourth-order valence-electron chi connectivity index (χ4n) is 3.88. The number of rotatable bonds is 6. The predicted octanol–water partition coefficient (Wildman–Crippen LogP) is 2.64. The van der Waals surface area contributed by atoms with Gasteiger partial charge in [-0.15, -0.1) is 0 Å². The number of carbonyl (C=O) groups is 3. The third-order valence-corrected chi connectivity index (χ3v) is 5.39. The molecule has 1 aromatic heterocycles. The number of anilines is 1. The Morgan fingerprint density at radius 2 is 1.83 bits per heavy atom. The number of carbonyl (C=O) groups excluding carboxylic acids is 3. The second-order valence-electron chi connectivity index (χ2n) is 7.37. The van der Waals surface area contributed by atoms with E-state index in [2.05, 4.69) is 27.3 Å². The number of amides is 1. The number of aromatic nitrogens is 1. The highest BCUT2D eigenvalue weighted by Gasteiger charge is 2.26. The number of Topliss-reactive ketones (excluding diaryl/α,β-unsaturated/α-hetero) is 1. The van der Waals surface area contributed by atoms with Crippen LogP contribution >= 0.6 is 0 Å². The van der Waals surface area contributed by atoms with Gasteiger partial charge in [-0.25, -0.2) is 4.79 Å². The molecule has 0 bridgehead atoms. The molecule has 1 amide bonds. The maximum atomic E-state index is 12.6. The Hall–Kier alpha value is -3.09. The van der Waals surface area contributed by atoms with Crippen molar-refractivity contribution in [3.05, 3.63) is 52.8 Å². The summed E-state index contributed by atoms with van der Waals surface area (Å²) < 4.78 is 4.83. The molecule has 2 aromatic rings. The van der Waals surface area contributed by atoms with Crippen molar-refractivity contribution in [2.24, 2.45) is 0 Å². The van der Waals surface area contributed by atoms with Gasteiger partial charge in [-0.3, -0.25) is 9.59 Å². The summed E-state index contributed by atoms with van der Waals surface area (Å²) in [6, 6.07) is 10.3. The minimum Gasteiger partial charge on any atom is -0.465 e. The first-order valence-corrected chi connectivity index (χ1v) is 9.80. The van der Waals surface area contributed by atoms with Gasteiger partial charge in [0, 0.05) is 37.4 Å². The molecule has 0 saturated carbocycles. The van der Waals surface area contributed by atoms with Crippen LogP contribution in [0.4, 0.5) is 5.69 Å². The summed E-state index contributed by atoms with van der Waals surface area (Å²) in [4.78, 5) is 41.8. The fourth-order valence-corrected chi connectivity index (χ4v) is 3.88. The number of para-hydroxylation sites is 1. The van der Waals surface area contributed by atoms with Crippen molar-refractivity contribution in [2.75, 3.05) is 25.1 Å². The number of ketones is 1. The smallest absolute Gasteiger partial charge is 0.339 e. The van der Waals surface area contributed by atoms with Gasteiger partial charge >= 0.3 is 5.97 Å². The van der Waals surface area contributed by atoms with E-state index in [4.69, 9.17) is 4.74 Å². The molecule has 3 rings (SSSR count). The van der Waals surface area contributed by atoms with E-state index in [1.165, 1.54) is 19.7 Å². The maximum Gasteiger partial charge on any atom is 0.339 e. The van der Waals surface area contributed by atoms with Crippen molar-refractivity contribution in [1.82, 2.24) is 10.3 Å². The number of ether oxygens (including phenoxy) is 1. The lowest BCUT2D eigenvalue weighted by atomic mass is 10.0. The van der Waals surface area contributed by atoms with Gasteiger partial charge in [0.2, 0.25) is 5.91 Å². The van der Waals surface area contributed by atoms with E-state index < -0.39 is 5.97 Å². The van der Waals surface area contributed by atoms with Gasteiger partial charge in [0.05, 0.1) is 24.8 Å². The zero-order valence-corrected chi connectivity index (χ0v) is 17.1. The normalized spacial score (nSPS) is 14.5. The van der Waals surface area contributed by atoms with Gasteiger partial charge in [-0.2, -0.15) is 0 Å². The Bertz CT molecular complexity index is 896. The van der Waals surface area contributed by atoms with E-state index in [9.17, 15) is 14.4 Å². The van der Waals surface area contributed by atoms with Crippen molar-refractivity contribution in [3.8, 4) is 0 Å². The molecule has 154 valence electrons. The van der Waals surface area contributed by atoms with Gasteiger partial charge in [-0.05, 0) is 37.5 Å². The van der Waals surface area contributed by atoms with Crippen LogP contribution in [0.25, 0.3) is 0 Å². The number of benzene rings is 1. The van der Waals surface area contributed by atoms with Crippen molar-refractivity contribution < 1.29 is 19.1 Å². The predicted molar refractivity (Wildman–Crippen MR) is 110 cm³/mol. The topological polar surface area (TPSA) is 91.5 Å².